The largest absolute Gasteiger partial charge is 0.497 e. The van der Waals surface area contributed by atoms with Gasteiger partial charge in [0.25, 0.3) is 5.91 Å². The van der Waals surface area contributed by atoms with E-state index in [-0.39, 0.29) is 17.7 Å². The molecule has 29 heavy (non-hydrogen) atoms. The Bertz CT molecular complexity index is 1050. The molecule has 3 aromatic rings. The lowest BCUT2D eigenvalue weighted by molar-refractivity contribution is -0.117. The van der Waals surface area contributed by atoms with Gasteiger partial charge in [-0.15, -0.1) is 10.2 Å². The van der Waals surface area contributed by atoms with Crippen molar-refractivity contribution in [3.05, 3.63) is 64.1 Å². The third kappa shape index (κ3) is 4.23. The van der Waals surface area contributed by atoms with E-state index in [2.05, 4.69) is 15.5 Å². The summed E-state index contributed by atoms with van der Waals surface area (Å²) in [7, 11) is 1.55. The molecule has 0 spiro atoms. The van der Waals surface area contributed by atoms with Crippen LogP contribution in [0.4, 0.5) is 10.8 Å². The number of methoxy groups -OCH3 is 1. The molecule has 1 aromatic heterocycles. The molecule has 1 saturated heterocycles. The predicted octanol–water partition coefficient (Wildman–Crippen LogP) is 3.97. The molecule has 2 heterocycles. The molecule has 4 rings (SSSR count). The molecule has 7 nitrogen and oxygen atoms in total. The Hall–Kier alpha value is -2.97. The number of hydrogen-bond donors (Lipinski definition) is 1. The first-order chi connectivity index (χ1) is 14.0. The summed E-state index contributed by atoms with van der Waals surface area (Å²) >= 11 is 7.20. The number of benzene rings is 2. The molecule has 1 N–H and O–H groups in total. The van der Waals surface area contributed by atoms with E-state index < -0.39 is 0 Å². The van der Waals surface area contributed by atoms with E-state index in [4.69, 9.17) is 16.3 Å². The maximum absolute atomic E-state index is 12.4. The van der Waals surface area contributed by atoms with Crippen molar-refractivity contribution in [3.8, 4) is 5.75 Å². The third-order valence-corrected chi connectivity index (χ3v) is 5.86. The van der Waals surface area contributed by atoms with Crippen LogP contribution < -0.4 is 15.0 Å². The first kappa shape index (κ1) is 19.4. The second kappa shape index (κ2) is 8.18. The molecule has 1 aliphatic rings. The number of aromatic nitrogens is 2. The Morgan fingerprint density at radius 1 is 1.24 bits per heavy atom. The minimum absolute atomic E-state index is 0.0227. The van der Waals surface area contributed by atoms with Gasteiger partial charge in [0.05, 0.1) is 7.11 Å². The van der Waals surface area contributed by atoms with Crippen LogP contribution in [0.2, 0.25) is 5.02 Å². The van der Waals surface area contributed by atoms with Crippen LogP contribution in [0.5, 0.6) is 5.75 Å². The average Bonchev–Trinajstić information content (AvgIpc) is 3.35. The van der Waals surface area contributed by atoms with E-state index in [1.54, 1.807) is 48.4 Å². The molecule has 1 unspecified atom stereocenters. The summed E-state index contributed by atoms with van der Waals surface area (Å²) in [6.07, 6.45) is 0.348. The summed E-state index contributed by atoms with van der Waals surface area (Å²) < 4.78 is 5.14. The molecule has 2 aromatic carbocycles. The molecule has 2 amide bonds. The molecule has 0 bridgehead atoms. The highest BCUT2D eigenvalue weighted by atomic mass is 35.5. The topological polar surface area (TPSA) is 84.4 Å². The number of amides is 2. The van der Waals surface area contributed by atoms with Gasteiger partial charge in [-0.05, 0) is 42.5 Å². The molecule has 148 valence electrons. The predicted molar refractivity (Wildman–Crippen MR) is 112 cm³/mol. The third-order valence-electron chi connectivity index (χ3n) is 4.61. The quantitative estimate of drug-likeness (QED) is 0.664. The van der Waals surface area contributed by atoms with E-state index in [9.17, 15) is 9.59 Å². The number of hydrogen-bond acceptors (Lipinski definition) is 6. The SMILES string of the molecule is COc1cccc(C(=O)Nc2nnc(C3CC(=O)N(c4ccc(Cl)cc4)C3)s2)c1. The molecule has 1 atom stereocenters. The lowest BCUT2D eigenvalue weighted by Crippen LogP contribution is -2.24. The van der Waals surface area contributed by atoms with Crippen molar-refractivity contribution in [2.24, 2.45) is 0 Å². The van der Waals surface area contributed by atoms with Crippen molar-refractivity contribution >= 4 is 45.6 Å². The molecule has 0 aliphatic carbocycles. The number of anilines is 2. The lowest BCUT2D eigenvalue weighted by Gasteiger charge is -2.16. The first-order valence-electron chi connectivity index (χ1n) is 8.88. The number of ether oxygens (including phenoxy) is 1. The summed E-state index contributed by atoms with van der Waals surface area (Å²) in [6, 6.07) is 14.0. The fourth-order valence-electron chi connectivity index (χ4n) is 3.13. The van der Waals surface area contributed by atoms with Crippen LogP contribution in [-0.2, 0) is 4.79 Å². The minimum Gasteiger partial charge on any atom is -0.497 e. The summed E-state index contributed by atoms with van der Waals surface area (Å²) in [5, 5.41) is 12.7. The van der Waals surface area contributed by atoms with Gasteiger partial charge >= 0.3 is 0 Å². The van der Waals surface area contributed by atoms with Crippen molar-refractivity contribution in [3.63, 3.8) is 0 Å². The molecule has 1 fully saturated rings. The second-order valence-corrected chi connectivity index (χ2v) is 7.96. The van der Waals surface area contributed by atoms with E-state index in [1.165, 1.54) is 11.3 Å². The number of carbonyl (C=O) groups is 2. The number of halogens is 1. The van der Waals surface area contributed by atoms with Crippen molar-refractivity contribution in [1.82, 2.24) is 10.2 Å². The second-order valence-electron chi connectivity index (χ2n) is 6.51. The summed E-state index contributed by atoms with van der Waals surface area (Å²) in [6.45, 7) is 0.513. The Morgan fingerprint density at radius 3 is 2.79 bits per heavy atom. The first-order valence-corrected chi connectivity index (χ1v) is 10.1. The molecular formula is C20H17ClN4O3S. The Balaban J connectivity index is 1.44. The van der Waals surface area contributed by atoms with E-state index in [0.29, 0.717) is 34.4 Å². The fourth-order valence-corrected chi connectivity index (χ4v) is 4.08. The number of carbonyl (C=O) groups excluding carboxylic acids is 2. The van der Waals surface area contributed by atoms with Gasteiger partial charge in [0, 0.05) is 35.2 Å². The maximum Gasteiger partial charge on any atom is 0.257 e. The number of rotatable bonds is 5. The van der Waals surface area contributed by atoms with Gasteiger partial charge in [-0.3, -0.25) is 14.9 Å². The smallest absolute Gasteiger partial charge is 0.257 e. The zero-order chi connectivity index (χ0) is 20.4. The number of nitrogens with one attached hydrogen (secondary N) is 1. The van der Waals surface area contributed by atoms with Gasteiger partial charge < -0.3 is 9.64 Å². The van der Waals surface area contributed by atoms with E-state index in [0.717, 1.165) is 10.7 Å². The summed E-state index contributed by atoms with van der Waals surface area (Å²) in [5.41, 5.74) is 1.27. The normalized spacial score (nSPS) is 16.1. The molecule has 1 aliphatic heterocycles. The van der Waals surface area contributed by atoms with Crippen LogP contribution in [0, 0.1) is 0 Å². The van der Waals surface area contributed by atoms with Crippen LogP contribution in [0.1, 0.15) is 27.7 Å². The zero-order valence-electron chi connectivity index (χ0n) is 15.5. The maximum atomic E-state index is 12.4. The van der Waals surface area contributed by atoms with Crippen LogP contribution in [-0.4, -0.2) is 35.7 Å². The Labute approximate surface area is 176 Å². The van der Waals surface area contributed by atoms with Gasteiger partial charge in [0.1, 0.15) is 10.8 Å². The van der Waals surface area contributed by atoms with Crippen molar-refractivity contribution in [2.45, 2.75) is 12.3 Å². The van der Waals surface area contributed by atoms with Gasteiger partial charge in [0.2, 0.25) is 11.0 Å². The zero-order valence-corrected chi connectivity index (χ0v) is 17.0. The van der Waals surface area contributed by atoms with Crippen molar-refractivity contribution in [2.75, 3.05) is 23.9 Å². The Kier molecular flexibility index (Phi) is 5.46. The van der Waals surface area contributed by atoms with Crippen LogP contribution >= 0.6 is 22.9 Å². The van der Waals surface area contributed by atoms with Crippen molar-refractivity contribution in [1.29, 1.82) is 0 Å². The minimum atomic E-state index is -0.295. The fraction of sp³-hybridized carbons (Fsp3) is 0.200. The standard InChI is InChI=1S/C20H17ClN4O3S/c1-28-16-4-2-3-12(9-16)18(27)22-20-24-23-19(29-20)13-10-17(26)25(11-13)15-7-5-14(21)6-8-15/h2-9,13H,10-11H2,1H3,(H,22,24,27). The summed E-state index contributed by atoms with van der Waals surface area (Å²) in [4.78, 5) is 26.6. The molecular weight excluding hydrogens is 412 g/mol. The van der Waals surface area contributed by atoms with Gasteiger partial charge in [-0.25, -0.2) is 0 Å². The van der Waals surface area contributed by atoms with Crippen LogP contribution in [0.3, 0.4) is 0 Å². The lowest BCUT2D eigenvalue weighted by atomic mass is 10.1. The highest BCUT2D eigenvalue weighted by Crippen LogP contribution is 2.34. The molecule has 9 heteroatoms. The van der Waals surface area contributed by atoms with E-state index in [1.807, 2.05) is 12.1 Å². The molecule has 0 radical (unpaired) electrons. The number of nitrogens with zero attached hydrogens (tertiary/aromatic N) is 3. The average molecular weight is 429 g/mol. The molecule has 0 saturated carbocycles. The van der Waals surface area contributed by atoms with Gasteiger partial charge in [0.15, 0.2) is 0 Å². The van der Waals surface area contributed by atoms with Crippen LogP contribution in [0.25, 0.3) is 0 Å². The highest BCUT2D eigenvalue weighted by molar-refractivity contribution is 7.15. The van der Waals surface area contributed by atoms with Crippen LogP contribution in [0.15, 0.2) is 48.5 Å². The van der Waals surface area contributed by atoms with Gasteiger partial charge in [-0.1, -0.05) is 29.0 Å². The monoisotopic (exact) mass is 428 g/mol. The summed E-state index contributed by atoms with van der Waals surface area (Å²) in [5.74, 6) is 0.256. The van der Waals surface area contributed by atoms with Crippen molar-refractivity contribution < 1.29 is 14.3 Å². The van der Waals surface area contributed by atoms with Gasteiger partial charge in [-0.2, -0.15) is 0 Å². The van der Waals surface area contributed by atoms with E-state index >= 15 is 0 Å². The Morgan fingerprint density at radius 2 is 2.03 bits per heavy atom. The highest BCUT2D eigenvalue weighted by Gasteiger charge is 2.34.